The van der Waals surface area contributed by atoms with Crippen LogP contribution in [0.25, 0.3) is 22.2 Å². The Morgan fingerprint density at radius 3 is 2.78 bits per heavy atom. The molecule has 1 aliphatic heterocycles. The van der Waals surface area contributed by atoms with Crippen LogP contribution in [0.15, 0.2) is 55.4 Å². The number of fused-ring (bicyclic) bond motifs is 1. The highest BCUT2D eigenvalue weighted by molar-refractivity contribution is 8.32. The van der Waals surface area contributed by atoms with Crippen LogP contribution >= 0.6 is 21.6 Å². The molecule has 1 atom stereocenters. The van der Waals surface area contributed by atoms with E-state index in [1.807, 2.05) is 44.4 Å². The van der Waals surface area contributed by atoms with Crippen LogP contribution in [0, 0.1) is 0 Å². The van der Waals surface area contributed by atoms with E-state index in [1.54, 1.807) is 4.90 Å². The van der Waals surface area contributed by atoms with Crippen LogP contribution < -0.4 is 0 Å². The van der Waals surface area contributed by atoms with E-state index in [0.717, 1.165) is 40.1 Å². The third-order valence-electron chi connectivity index (χ3n) is 5.93. The summed E-state index contributed by atoms with van der Waals surface area (Å²) in [5.74, 6) is 0.973. The zero-order chi connectivity index (χ0) is 26.3. The molecule has 0 N–H and O–H groups in total. The number of hydrogen-bond donors (Lipinski definition) is 0. The number of ether oxygens (including phenoxy) is 2. The lowest BCUT2D eigenvalue weighted by Gasteiger charge is -2.35. The molecule has 6 nitrogen and oxygen atoms in total. The Morgan fingerprint density at radius 1 is 1.28 bits per heavy atom. The zero-order valence-electron chi connectivity index (χ0n) is 22.0. The van der Waals surface area contributed by atoms with E-state index in [-0.39, 0.29) is 11.9 Å². The summed E-state index contributed by atoms with van der Waals surface area (Å²) in [6.07, 6.45) is 12.1. The first kappa shape index (κ1) is 28.3. The van der Waals surface area contributed by atoms with Crippen molar-refractivity contribution in [1.82, 2.24) is 14.5 Å². The van der Waals surface area contributed by atoms with E-state index >= 15 is 0 Å². The quantitative estimate of drug-likeness (QED) is 0.259. The second kappa shape index (κ2) is 12.8. The van der Waals surface area contributed by atoms with Crippen molar-refractivity contribution >= 4 is 38.4 Å². The number of aromatic nitrogens is 2. The summed E-state index contributed by atoms with van der Waals surface area (Å²) < 4.78 is 13.7. The van der Waals surface area contributed by atoms with Crippen LogP contribution in [-0.2, 0) is 21.0 Å². The van der Waals surface area contributed by atoms with Crippen molar-refractivity contribution in [1.29, 1.82) is 0 Å². The molecule has 0 radical (unpaired) electrons. The Bertz CT molecular complexity index is 1190. The minimum absolute atomic E-state index is 0.111. The summed E-state index contributed by atoms with van der Waals surface area (Å²) in [6.45, 7) is 10.3. The van der Waals surface area contributed by atoms with Crippen molar-refractivity contribution in [2.45, 2.75) is 26.6 Å². The number of amides is 1. The maximum Gasteiger partial charge on any atom is 0.246 e. The van der Waals surface area contributed by atoms with Gasteiger partial charge in [0.1, 0.15) is 6.73 Å². The predicted molar refractivity (Wildman–Crippen MR) is 153 cm³/mol. The Balaban J connectivity index is 0.00000176. The number of carbonyl (C=O) groups excluding carboxylic acids is 1. The molecular formula is C28H38ClN3O3S. The van der Waals surface area contributed by atoms with Gasteiger partial charge in [0.15, 0.2) is 0 Å². The highest BCUT2D eigenvalue weighted by atomic mass is 35.5. The van der Waals surface area contributed by atoms with Gasteiger partial charge < -0.3 is 18.9 Å². The second-order valence-corrected chi connectivity index (χ2v) is 14.3. The van der Waals surface area contributed by atoms with E-state index < -0.39 is 10.0 Å². The van der Waals surface area contributed by atoms with Crippen molar-refractivity contribution in [2.75, 3.05) is 50.9 Å². The van der Waals surface area contributed by atoms with Gasteiger partial charge in [-0.15, -0.1) is 0 Å². The maximum absolute atomic E-state index is 12.4. The molecule has 0 bridgehead atoms. The molecule has 196 valence electrons. The fourth-order valence-electron chi connectivity index (χ4n) is 4.14. The molecule has 3 aromatic rings. The average Bonchev–Trinajstić information content (AvgIpc) is 3.29. The van der Waals surface area contributed by atoms with Gasteiger partial charge in [0.2, 0.25) is 5.91 Å². The Labute approximate surface area is 221 Å². The van der Waals surface area contributed by atoms with Gasteiger partial charge in [0, 0.05) is 40.7 Å². The van der Waals surface area contributed by atoms with Crippen molar-refractivity contribution in [3.8, 4) is 11.3 Å². The lowest BCUT2D eigenvalue weighted by Crippen LogP contribution is -2.42. The first-order valence-corrected chi connectivity index (χ1v) is 15.7. The number of pyridine rings is 1. The molecule has 0 aliphatic carbocycles. The van der Waals surface area contributed by atoms with Crippen molar-refractivity contribution < 1.29 is 14.3 Å². The maximum atomic E-state index is 12.4. The molecule has 1 amide bonds. The molecule has 0 saturated carbocycles. The van der Waals surface area contributed by atoms with E-state index in [9.17, 15) is 4.79 Å². The summed E-state index contributed by atoms with van der Waals surface area (Å²) in [4.78, 5) is 18.9. The van der Waals surface area contributed by atoms with Crippen molar-refractivity contribution in [3.63, 3.8) is 0 Å². The average molecular weight is 532 g/mol. The molecule has 0 spiro atoms. The van der Waals surface area contributed by atoms with Gasteiger partial charge in [0.05, 0.1) is 37.1 Å². The van der Waals surface area contributed by atoms with Crippen molar-refractivity contribution in [3.05, 3.63) is 66.0 Å². The molecule has 4 rings (SSSR count). The zero-order valence-corrected chi connectivity index (χ0v) is 23.6. The van der Waals surface area contributed by atoms with Crippen LogP contribution in [0.5, 0.6) is 0 Å². The molecular weight excluding hydrogens is 494 g/mol. The minimum atomic E-state index is -0.575. The van der Waals surface area contributed by atoms with Crippen LogP contribution in [0.3, 0.4) is 0 Å². The van der Waals surface area contributed by atoms with Gasteiger partial charge in [-0.2, -0.15) is 0 Å². The molecule has 1 fully saturated rings. The van der Waals surface area contributed by atoms with Gasteiger partial charge in [-0.05, 0) is 60.7 Å². The molecule has 1 aliphatic rings. The van der Waals surface area contributed by atoms with E-state index in [2.05, 4.69) is 47.0 Å². The lowest BCUT2D eigenvalue weighted by atomic mass is 9.99. The number of carbonyl (C=O) groups is 1. The molecule has 1 saturated heterocycles. The molecule has 36 heavy (non-hydrogen) atoms. The summed E-state index contributed by atoms with van der Waals surface area (Å²) in [5.41, 5.74) is 3.72. The van der Waals surface area contributed by atoms with Crippen LogP contribution in [0.4, 0.5) is 0 Å². The smallest absolute Gasteiger partial charge is 0.246 e. The number of rotatable bonds is 8. The van der Waals surface area contributed by atoms with Gasteiger partial charge in [-0.1, -0.05) is 32.0 Å². The molecule has 8 heteroatoms. The summed E-state index contributed by atoms with van der Waals surface area (Å²) in [7, 11) is -0.575. The fraction of sp³-hybridized carbons (Fsp3) is 0.429. The van der Waals surface area contributed by atoms with Gasteiger partial charge in [-0.3, -0.25) is 9.78 Å². The Hall–Kier alpha value is -2.32. The number of morpholine rings is 1. The third-order valence-corrected chi connectivity index (χ3v) is 7.54. The monoisotopic (exact) mass is 531 g/mol. The van der Waals surface area contributed by atoms with E-state index in [4.69, 9.17) is 21.1 Å². The highest BCUT2D eigenvalue weighted by Gasteiger charge is 2.28. The summed E-state index contributed by atoms with van der Waals surface area (Å²) in [6, 6.07) is 9.70. The minimum Gasteiger partial charge on any atom is -0.377 e. The third kappa shape index (κ3) is 6.91. The normalized spacial score (nSPS) is 16.4. The number of hydrogen-bond acceptors (Lipinski definition) is 4. The van der Waals surface area contributed by atoms with Gasteiger partial charge >= 0.3 is 0 Å². The number of benzene rings is 1. The SMILES string of the molecule is C=CC(=O)N1CCOCC1c1cc(Cl)cc(-c2nccc3c2ccn3COCCS(C)(C)C)c1.CC. The van der Waals surface area contributed by atoms with Crippen LogP contribution in [0.1, 0.15) is 25.5 Å². The summed E-state index contributed by atoms with van der Waals surface area (Å²) in [5, 5.41) is 1.62. The molecule has 1 unspecified atom stereocenters. The Morgan fingerprint density at radius 2 is 2.06 bits per heavy atom. The van der Waals surface area contributed by atoms with Crippen LogP contribution in [-0.4, -0.2) is 71.2 Å². The first-order valence-electron chi connectivity index (χ1n) is 12.3. The standard InChI is InChI=1S/C26H32ClN3O3S.C2H6/c1-5-25(31)30-10-11-32-17-24(30)19-14-20(16-21(27)15-19)26-22-7-9-29(23(22)6-8-28-26)18-33-12-13-34(2,3)4;1-2/h5-9,14-16,24H,1,10-13,17-18H2,2-4H3;1-2H3. The van der Waals surface area contributed by atoms with Gasteiger partial charge in [-0.25, -0.2) is 10.0 Å². The van der Waals surface area contributed by atoms with Crippen molar-refractivity contribution in [2.24, 2.45) is 0 Å². The predicted octanol–water partition coefficient (Wildman–Crippen LogP) is 6.14. The number of halogens is 1. The second-order valence-electron chi connectivity index (χ2n) is 9.31. The molecule has 3 heterocycles. The molecule has 2 aromatic heterocycles. The lowest BCUT2D eigenvalue weighted by molar-refractivity contribution is -0.134. The Kier molecular flexibility index (Phi) is 10.0. The first-order chi connectivity index (χ1) is 17.3. The molecule has 1 aromatic carbocycles. The summed E-state index contributed by atoms with van der Waals surface area (Å²) >= 11 is 6.54. The number of nitrogens with zero attached hydrogens (tertiary/aromatic N) is 3. The fourth-order valence-corrected chi connectivity index (χ4v) is 5.00. The largest absolute Gasteiger partial charge is 0.377 e. The topological polar surface area (TPSA) is 56.6 Å². The van der Waals surface area contributed by atoms with E-state index in [0.29, 0.717) is 31.5 Å². The van der Waals surface area contributed by atoms with Crippen LogP contribution in [0.2, 0.25) is 5.02 Å². The highest BCUT2D eigenvalue weighted by Crippen LogP contribution is 2.35. The van der Waals surface area contributed by atoms with Gasteiger partial charge in [0.25, 0.3) is 0 Å². The van der Waals surface area contributed by atoms with E-state index in [1.165, 1.54) is 6.08 Å².